The molecule has 7 nitrogen and oxygen atoms in total. The molecule has 0 radical (unpaired) electrons. The summed E-state index contributed by atoms with van der Waals surface area (Å²) in [6.45, 7) is 0.468. The van der Waals surface area contributed by atoms with E-state index in [-0.39, 0.29) is 12.4 Å². The predicted octanol–water partition coefficient (Wildman–Crippen LogP) is 0.690. The lowest BCUT2D eigenvalue weighted by Gasteiger charge is -2.00. The monoisotopic (exact) mass is 228 g/mol. The van der Waals surface area contributed by atoms with Crippen LogP contribution in [0.25, 0.3) is 0 Å². The lowest BCUT2D eigenvalue weighted by atomic mass is 10.3. The number of nitrogens with zero attached hydrogens (tertiary/aromatic N) is 1. The summed E-state index contributed by atoms with van der Waals surface area (Å²) in [5.74, 6) is -1.04. The third-order valence-corrected chi connectivity index (χ3v) is 1.87. The van der Waals surface area contributed by atoms with E-state index in [1.54, 1.807) is 0 Å². The molecule has 1 rings (SSSR count). The van der Waals surface area contributed by atoms with Gasteiger partial charge in [0.2, 0.25) is 0 Å². The number of hydrogen-bond donors (Lipinski definition) is 2. The second kappa shape index (κ2) is 5.86. The number of aliphatic hydroxyl groups is 1. The number of amides is 1. The van der Waals surface area contributed by atoms with Gasteiger partial charge in [-0.05, 0) is 18.9 Å². The van der Waals surface area contributed by atoms with Crippen molar-refractivity contribution in [2.24, 2.45) is 0 Å². The zero-order chi connectivity index (χ0) is 12.0. The van der Waals surface area contributed by atoms with Crippen molar-refractivity contribution in [1.29, 1.82) is 0 Å². The second-order valence-electron chi connectivity index (χ2n) is 3.08. The zero-order valence-electron chi connectivity index (χ0n) is 8.51. The first kappa shape index (κ1) is 12.2. The van der Waals surface area contributed by atoms with Gasteiger partial charge in [-0.15, -0.1) is 0 Å². The van der Waals surface area contributed by atoms with E-state index in [9.17, 15) is 14.9 Å². The molecule has 1 aromatic rings. The lowest BCUT2D eigenvalue weighted by molar-refractivity contribution is -0.402. The molecular weight excluding hydrogens is 216 g/mol. The summed E-state index contributed by atoms with van der Waals surface area (Å²) in [6.07, 6.45) is 1.24. The number of rotatable bonds is 6. The normalized spacial score (nSPS) is 10.1. The molecule has 0 spiro atoms. The van der Waals surface area contributed by atoms with Gasteiger partial charge in [0, 0.05) is 13.2 Å². The van der Waals surface area contributed by atoms with Crippen LogP contribution in [-0.2, 0) is 0 Å². The van der Waals surface area contributed by atoms with Crippen molar-refractivity contribution < 1.29 is 19.2 Å². The Morgan fingerprint density at radius 1 is 1.50 bits per heavy atom. The summed E-state index contributed by atoms with van der Waals surface area (Å²) in [5.41, 5.74) is 0. The van der Waals surface area contributed by atoms with Gasteiger partial charge < -0.3 is 14.8 Å². The Bertz CT molecular complexity index is 374. The Hall–Kier alpha value is -1.89. The van der Waals surface area contributed by atoms with E-state index in [2.05, 4.69) is 5.32 Å². The molecular formula is C9H12N2O5. The molecule has 0 unspecified atom stereocenters. The fraction of sp³-hybridized carbons (Fsp3) is 0.444. The highest BCUT2D eigenvalue weighted by atomic mass is 16.6. The summed E-state index contributed by atoms with van der Waals surface area (Å²) in [6, 6.07) is 2.38. The molecule has 0 aromatic carbocycles. The largest absolute Gasteiger partial charge is 0.433 e. The van der Waals surface area contributed by atoms with Crippen LogP contribution in [0.15, 0.2) is 16.5 Å². The molecule has 0 aliphatic carbocycles. The van der Waals surface area contributed by atoms with Gasteiger partial charge in [-0.3, -0.25) is 14.9 Å². The minimum absolute atomic E-state index is 0.0715. The summed E-state index contributed by atoms with van der Waals surface area (Å²) in [4.78, 5) is 20.9. The third kappa shape index (κ3) is 3.35. The second-order valence-corrected chi connectivity index (χ2v) is 3.08. The topological polar surface area (TPSA) is 106 Å². The number of nitrogens with one attached hydrogen (secondary N) is 1. The van der Waals surface area contributed by atoms with Crippen LogP contribution < -0.4 is 5.32 Å². The van der Waals surface area contributed by atoms with Crippen molar-refractivity contribution in [2.45, 2.75) is 12.8 Å². The number of furan rings is 1. The highest BCUT2D eigenvalue weighted by Gasteiger charge is 2.16. The van der Waals surface area contributed by atoms with Crippen LogP contribution in [0.4, 0.5) is 5.88 Å². The summed E-state index contributed by atoms with van der Waals surface area (Å²) < 4.78 is 4.70. The molecule has 16 heavy (non-hydrogen) atoms. The number of unbranched alkanes of at least 4 members (excludes halogenated alkanes) is 1. The van der Waals surface area contributed by atoms with Crippen molar-refractivity contribution in [3.8, 4) is 0 Å². The number of carbonyl (C=O) groups excluding carboxylic acids is 1. The molecule has 1 heterocycles. The van der Waals surface area contributed by atoms with Crippen LogP contribution >= 0.6 is 0 Å². The summed E-state index contributed by atoms with van der Waals surface area (Å²) in [7, 11) is 0. The highest BCUT2D eigenvalue weighted by molar-refractivity contribution is 5.91. The maximum Gasteiger partial charge on any atom is 0.433 e. The van der Waals surface area contributed by atoms with Crippen LogP contribution in [-0.4, -0.2) is 29.1 Å². The van der Waals surface area contributed by atoms with E-state index in [1.165, 1.54) is 6.07 Å². The summed E-state index contributed by atoms with van der Waals surface area (Å²) in [5, 5.41) is 21.3. The molecule has 2 N–H and O–H groups in total. The van der Waals surface area contributed by atoms with Crippen LogP contribution in [0.2, 0.25) is 0 Å². The highest BCUT2D eigenvalue weighted by Crippen LogP contribution is 2.15. The van der Waals surface area contributed by atoms with E-state index in [0.29, 0.717) is 19.4 Å². The standard InChI is InChI=1S/C9H12N2O5/c12-6-2-1-5-10-9(13)7-3-4-8(16-7)11(14)15/h3-4,12H,1-2,5-6H2,(H,10,13). The van der Waals surface area contributed by atoms with E-state index >= 15 is 0 Å². The van der Waals surface area contributed by atoms with Gasteiger partial charge in [0.1, 0.15) is 4.92 Å². The van der Waals surface area contributed by atoms with Gasteiger partial charge in [-0.25, -0.2) is 0 Å². The molecule has 0 aliphatic heterocycles. The van der Waals surface area contributed by atoms with Gasteiger partial charge in [-0.1, -0.05) is 0 Å². The van der Waals surface area contributed by atoms with Crippen LogP contribution in [0.3, 0.4) is 0 Å². The first-order valence-electron chi connectivity index (χ1n) is 4.78. The molecule has 0 saturated heterocycles. The van der Waals surface area contributed by atoms with Gasteiger partial charge in [-0.2, -0.15) is 0 Å². The van der Waals surface area contributed by atoms with E-state index in [1.807, 2.05) is 0 Å². The average molecular weight is 228 g/mol. The maximum atomic E-state index is 11.4. The zero-order valence-corrected chi connectivity index (χ0v) is 8.51. The fourth-order valence-electron chi connectivity index (χ4n) is 1.07. The number of carbonyl (C=O) groups is 1. The van der Waals surface area contributed by atoms with Crippen molar-refractivity contribution in [3.05, 3.63) is 28.0 Å². The third-order valence-electron chi connectivity index (χ3n) is 1.87. The number of aliphatic hydroxyl groups excluding tert-OH is 1. The molecule has 1 amide bonds. The van der Waals surface area contributed by atoms with Gasteiger partial charge in [0.15, 0.2) is 5.76 Å². The minimum atomic E-state index is -0.706. The van der Waals surface area contributed by atoms with Crippen molar-refractivity contribution in [2.75, 3.05) is 13.2 Å². The molecule has 0 bridgehead atoms. The van der Waals surface area contributed by atoms with Crippen LogP contribution in [0, 0.1) is 10.1 Å². The molecule has 0 atom stereocenters. The quantitative estimate of drug-likeness (QED) is 0.423. The first-order chi connectivity index (χ1) is 7.65. The van der Waals surface area contributed by atoms with Crippen LogP contribution in [0.5, 0.6) is 0 Å². The Morgan fingerprint density at radius 3 is 2.81 bits per heavy atom. The SMILES string of the molecule is O=C(NCCCCO)c1ccc([N+](=O)[O-])o1. The van der Waals surface area contributed by atoms with Gasteiger partial charge in [0.05, 0.1) is 6.07 Å². The van der Waals surface area contributed by atoms with Gasteiger partial charge in [0.25, 0.3) is 5.91 Å². The van der Waals surface area contributed by atoms with Crippen molar-refractivity contribution in [1.82, 2.24) is 5.32 Å². The maximum absolute atomic E-state index is 11.4. The fourth-order valence-corrected chi connectivity index (χ4v) is 1.07. The van der Waals surface area contributed by atoms with E-state index in [4.69, 9.17) is 9.52 Å². The Balaban J connectivity index is 2.43. The number of hydrogen-bond acceptors (Lipinski definition) is 5. The lowest BCUT2D eigenvalue weighted by Crippen LogP contribution is -2.24. The van der Waals surface area contributed by atoms with E-state index in [0.717, 1.165) is 6.07 Å². The van der Waals surface area contributed by atoms with Crippen molar-refractivity contribution >= 4 is 11.8 Å². The molecule has 7 heteroatoms. The van der Waals surface area contributed by atoms with Crippen molar-refractivity contribution in [3.63, 3.8) is 0 Å². The Labute approximate surface area is 91.2 Å². The smallest absolute Gasteiger partial charge is 0.396 e. The molecule has 0 fully saturated rings. The first-order valence-corrected chi connectivity index (χ1v) is 4.78. The van der Waals surface area contributed by atoms with Crippen LogP contribution in [0.1, 0.15) is 23.4 Å². The van der Waals surface area contributed by atoms with Gasteiger partial charge >= 0.3 is 5.88 Å². The Kier molecular flexibility index (Phi) is 4.46. The molecule has 0 aliphatic rings. The van der Waals surface area contributed by atoms with E-state index < -0.39 is 16.7 Å². The minimum Gasteiger partial charge on any atom is -0.396 e. The Morgan fingerprint density at radius 2 is 2.25 bits per heavy atom. The average Bonchev–Trinajstić information content (AvgIpc) is 2.73. The number of nitro groups is 1. The molecule has 88 valence electrons. The molecule has 0 saturated carbocycles. The molecule has 1 aromatic heterocycles. The summed E-state index contributed by atoms with van der Waals surface area (Å²) >= 11 is 0. The predicted molar refractivity (Wildman–Crippen MR) is 54.0 cm³/mol.